The molecule has 2 aliphatic heterocycles. The van der Waals surface area contributed by atoms with E-state index in [2.05, 4.69) is 10.4 Å². The Morgan fingerprint density at radius 2 is 2.00 bits per heavy atom. The van der Waals surface area contributed by atoms with Crippen molar-refractivity contribution in [3.8, 4) is 0 Å². The van der Waals surface area contributed by atoms with Crippen LogP contribution in [0.2, 0.25) is 0 Å². The minimum atomic E-state index is -0.200. The lowest BCUT2D eigenvalue weighted by atomic mass is 9.78. The molecule has 1 unspecified atom stereocenters. The van der Waals surface area contributed by atoms with Crippen molar-refractivity contribution >= 4 is 11.8 Å². The molecule has 7 heteroatoms. The number of carbonyl (C=O) groups is 2. The van der Waals surface area contributed by atoms with Crippen molar-refractivity contribution in [2.45, 2.75) is 44.2 Å². The minimum absolute atomic E-state index is 0.0330. The molecule has 4 rings (SSSR count). The van der Waals surface area contributed by atoms with Gasteiger partial charge in [0, 0.05) is 45.9 Å². The van der Waals surface area contributed by atoms with E-state index in [-0.39, 0.29) is 17.4 Å². The first-order chi connectivity index (χ1) is 14.5. The fourth-order valence-corrected chi connectivity index (χ4v) is 4.61. The van der Waals surface area contributed by atoms with E-state index in [1.807, 2.05) is 42.3 Å². The highest BCUT2D eigenvalue weighted by Gasteiger charge is 2.41. The number of hydrogen-bond donors (Lipinski definition) is 1. The third kappa shape index (κ3) is 4.90. The van der Waals surface area contributed by atoms with E-state index in [0.29, 0.717) is 44.1 Å². The summed E-state index contributed by atoms with van der Waals surface area (Å²) in [7, 11) is 1.81. The molecule has 1 atom stereocenters. The van der Waals surface area contributed by atoms with E-state index in [1.165, 1.54) is 0 Å². The van der Waals surface area contributed by atoms with Gasteiger partial charge in [0.05, 0.1) is 17.4 Å². The van der Waals surface area contributed by atoms with Gasteiger partial charge in [-0.15, -0.1) is 0 Å². The molecule has 2 fully saturated rings. The average Bonchev–Trinajstić information content (AvgIpc) is 3.19. The van der Waals surface area contributed by atoms with E-state index < -0.39 is 0 Å². The molecule has 0 saturated carbocycles. The van der Waals surface area contributed by atoms with Crippen molar-refractivity contribution in [1.82, 2.24) is 20.0 Å². The van der Waals surface area contributed by atoms with Gasteiger partial charge in [0.1, 0.15) is 0 Å². The summed E-state index contributed by atoms with van der Waals surface area (Å²) < 4.78 is 7.85. The lowest BCUT2D eigenvalue weighted by molar-refractivity contribution is -0.134. The van der Waals surface area contributed by atoms with Crippen LogP contribution in [0.15, 0.2) is 42.7 Å². The van der Waals surface area contributed by atoms with E-state index in [9.17, 15) is 9.59 Å². The molecule has 3 heterocycles. The molecule has 30 heavy (non-hydrogen) atoms. The number of nitrogens with zero attached hydrogens (tertiary/aromatic N) is 3. The van der Waals surface area contributed by atoms with Gasteiger partial charge < -0.3 is 15.0 Å². The van der Waals surface area contributed by atoms with Crippen LogP contribution in [0.5, 0.6) is 0 Å². The van der Waals surface area contributed by atoms with Crippen LogP contribution >= 0.6 is 0 Å². The predicted molar refractivity (Wildman–Crippen MR) is 113 cm³/mol. The van der Waals surface area contributed by atoms with Crippen LogP contribution < -0.4 is 5.32 Å². The van der Waals surface area contributed by atoms with Gasteiger partial charge >= 0.3 is 0 Å². The maximum atomic E-state index is 12.7. The zero-order chi connectivity index (χ0) is 21.0. The quantitative estimate of drug-likeness (QED) is 0.822. The van der Waals surface area contributed by atoms with Crippen LogP contribution in [0.4, 0.5) is 0 Å². The Morgan fingerprint density at radius 3 is 2.70 bits per heavy atom. The van der Waals surface area contributed by atoms with E-state index in [4.69, 9.17) is 4.74 Å². The third-order valence-electron chi connectivity index (χ3n) is 6.32. The fraction of sp³-hybridized carbons (Fsp3) is 0.522. The number of aryl methyl sites for hydroxylation is 1. The van der Waals surface area contributed by atoms with Crippen LogP contribution in [0.3, 0.4) is 0 Å². The summed E-state index contributed by atoms with van der Waals surface area (Å²) in [6.45, 7) is 2.62. The Labute approximate surface area is 177 Å². The third-order valence-corrected chi connectivity index (χ3v) is 6.32. The highest BCUT2D eigenvalue weighted by Crippen LogP contribution is 2.39. The van der Waals surface area contributed by atoms with Crippen molar-refractivity contribution in [1.29, 1.82) is 0 Å². The van der Waals surface area contributed by atoms with Gasteiger partial charge in [0.25, 0.3) is 5.91 Å². The predicted octanol–water partition coefficient (Wildman–Crippen LogP) is 2.53. The van der Waals surface area contributed by atoms with Gasteiger partial charge in [-0.25, -0.2) is 0 Å². The molecule has 0 radical (unpaired) electrons. The molecule has 1 N–H and O–H groups in total. The SMILES string of the molecule is Cn1cc(C(=O)N2CCC3(CC2)CC(CC(=O)NCc2ccccc2)CCO3)cn1. The number of carbonyl (C=O) groups excluding carboxylic acids is 2. The highest BCUT2D eigenvalue weighted by atomic mass is 16.5. The lowest BCUT2D eigenvalue weighted by Gasteiger charge is -2.46. The van der Waals surface area contributed by atoms with Crippen LogP contribution in [0.1, 0.15) is 48.0 Å². The number of rotatable bonds is 5. The summed E-state index contributed by atoms with van der Waals surface area (Å²) >= 11 is 0. The zero-order valence-electron chi connectivity index (χ0n) is 17.5. The number of piperidine rings is 1. The van der Waals surface area contributed by atoms with Crippen molar-refractivity contribution in [3.63, 3.8) is 0 Å². The molecule has 1 aromatic heterocycles. The number of benzene rings is 1. The molecule has 0 bridgehead atoms. The number of nitrogens with one attached hydrogen (secondary N) is 1. The van der Waals surface area contributed by atoms with E-state index in [1.54, 1.807) is 17.1 Å². The highest BCUT2D eigenvalue weighted by molar-refractivity contribution is 5.93. The van der Waals surface area contributed by atoms with Crippen LogP contribution in [-0.4, -0.2) is 51.8 Å². The molecule has 160 valence electrons. The monoisotopic (exact) mass is 410 g/mol. The van der Waals surface area contributed by atoms with Gasteiger partial charge in [0.15, 0.2) is 0 Å². The number of aromatic nitrogens is 2. The average molecular weight is 411 g/mol. The first-order valence-corrected chi connectivity index (χ1v) is 10.8. The molecule has 2 amide bonds. The van der Waals surface area contributed by atoms with Crippen molar-refractivity contribution in [2.75, 3.05) is 19.7 Å². The second kappa shape index (κ2) is 9.00. The first kappa shape index (κ1) is 20.6. The molecular weight excluding hydrogens is 380 g/mol. The van der Waals surface area contributed by atoms with Gasteiger partial charge in [-0.1, -0.05) is 30.3 Å². The second-order valence-electron chi connectivity index (χ2n) is 8.55. The maximum Gasteiger partial charge on any atom is 0.257 e. The minimum Gasteiger partial charge on any atom is -0.375 e. The van der Waals surface area contributed by atoms with Crippen molar-refractivity contribution in [3.05, 3.63) is 53.9 Å². The number of ether oxygens (including phenoxy) is 1. The van der Waals surface area contributed by atoms with Crippen LogP contribution in [0, 0.1) is 5.92 Å². The van der Waals surface area contributed by atoms with Crippen molar-refractivity contribution in [2.24, 2.45) is 13.0 Å². The largest absolute Gasteiger partial charge is 0.375 e. The Morgan fingerprint density at radius 1 is 1.23 bits per heavy atom. The second-order valence-corrected chi connectivity index (χ2v) is 8.55. The van der Waals surface area contributed by atoms with E-state index >= 15 is 0 Å². The number of hydrogen-bond acceptors (Lipinski definition) is 4. The normalized spacial score (nSPS) is 20.8. The van der Waals surface area contributed by atoms with Gasteiger partial charge in [0.2, 0.25) is 5.91 Å². The zero-order valence-corrected chi connectivity index (χ0v) is 17.5. The lowest BCUT2D eigenvalue weighted by Crippen LogP contribution is -2.51. The summed E-state index contributed by atoms with van der Waals surface area (Å²) in [4.78, 5) is 27.0. The molecule has 1 spiro atoms. The van der Waals surface area contributed by atoms with Gasteiger partial charge in [-0.3, -0.25) is 14.3 Å². The first-order valence-electron chi connectivity index (χ1n) is 10.8. The Balaban J connectivity index is 1.26. The fourth-order valence-electron chi connectivity index (χ4n) is 4.61. The molecule has 7 nitrogen and oxygen atoms in total. The van der Waals surface area contributed by atoms with E-state index in [0.717, 1.165) is 31.2 Å². The molecule has 2 aromatic rings. The Kier molecular flexibility index (Phi) is 6.18. The molecular formula is C23H30N4O3. The number of amides is 2. The molecule has 1 aromatic carbocycles. The van der Waals surface area contributed by atoms with Crippen molar-refractivity contribution < 1.29 is 14.3 Å². The Hall–Kier alpha value is -2.67. The standard InChI is InChI=1S/C23H30N4O3/c1-26-17-20(16-25-26)22(29)27-10-8-23(9-11-27)14-19(7-12-30-23)13-21(28)24-15-18-5-3-2-4-6-18/h2-6,16-17,19H,7-15H2,1H3,(H,24,28). The van der Waals surface area contributed by atoms with Crippen LogP contribution in [-0.2, 0) is 23.1 Å². The molecule has 2 saturated heterocycles. The topological polar surface area (TPSA) is 76.5 Å². The Bertz CT molecular complexity index is 872. The summed E-state index contributed by atoms with van der Waals surface area (Å²) in [5.41, 5.74) is 1.54. The summed E-state index contributed by atoms with van der Waals surface area (Å²) in [6.07, 6.45) is 7.36. The van der Waals surface area contributed by atoms with Gasteiger partial charge in [-0.2, -0.15) is 5.10 Å². The summed E-state index contributed by atoms with van der Waals surface area (Å²) in [6, 6.07) is 9.97. The summed E-state index contributed by atoms with van der Waals surface area (Å²) in [5, 5.41) is 7.13. The summed E-state index contributed by atoms with van der Waals surface area (Å²) in [5.74, 6) is 0.464. The van der Waals surface area contributed by atoms with Gasteiger partial charge in [-0.05, 0) is 37.2 Å². The van der Waals surface area contributed by atoms with Crippen LogP contribution in [0.25, 0.3) is 0 Å². The molecule has 2 aliphatic rings. The smallest absolute Gasteiger partial charge is 0.257 e. The molecule has 0 aliphatic carbocycles. The maximum absolute atomic E-state index is 12.7. The number of likely N-dealkylation sites (tertiary alicyclic amines) is 1.